The zero-order valence-corrected chi connectivity index (χ0v) is 22.7. The van der Waals surface area contributed by atoms with Crippen LogP contribution in [-0.4, -0.2) is 22.9 Å². The second-order valence-corrected chi connectivity index (χ2v) is 10.3. The number of nitrogens with one attached hydrogen (secondary N) is 2. The normalized spacial score (nSPS) is 13.1. The fraction of sp³-hybridized carbons (Fsp3) is 0.125. The van der Waals surface area contributed by atoms with Gasteiger partial charge in [0.15, 0.2) is 22.7 Å². The Bertz CT molecular complexity index is 1520. The first-order valence-corrected chi connectivity index (χ1v) is 13.9. The van der Waals surface area contributed by atoms with Crippen LogP contribution in [0.3, 0.4) is 0 Å². The Morgan fingerprint density at radius 1 is 0.878 bits per heavy atom. The third kappa shape index (κ3) is 5.51. The molecular formula is C32H27N3O5S. The molecule has 1 atom stereocenters. The average molecular weight is 566 g/mol. The number of benzene rings is 4. The summed E-state index contributed by atoms with van der Waals surface area (Å²) in [4.78, 5) is 22.5. The molecule has 0 saturated heterocycles. The summed E-state index contributed by atoms with van der Waals surface area (Å²) in [5.74, 6) is 0.202. The van der Waals surface area contributed by atoms with E-state index in [1.54, 1.807) is 17.5 Å². The van der Waals surface area contributed by atoms with Crippen molar-refractivity contribution >= 4 is 22.4 Å². The molecule has 6 rings (SSSR count). The van der Waals surface area contributed by atoms with E-state index in [4.69, 9.17) is 19.3 Å². The van der Waals surface area contributed by atoms with E-state index >= 15 is 0 Å². The van der Waals surface area contributed by atoms with Gasteiger partial charge in [0.1, 0.15) is 5.54 Å². The number of nitrogens with zero attached hydrogens (tertiary/aromatic N) is 1. The highest BCUT2D eigenvalue weighted by atomic mass is 32.1. The number of carboxylic acids is 1. The van der Waals surface area contributed by atoms with Crippen LogP contribution in [0.4, 0.5) is 5.13 Å². The van der Waals surface area contributed by atoms with Crippen LogP contribution in [0.5, 0.6) is 11.5 Å². The molecule has 5 aromatic rings. The number of hydrogen-bond donors (Lipinski definition) is 3. The van der Waals surface area contributed by atoms with Crippen LogP contribution in [0, 0.1) is 0 Å². The van der Waals surface area contributed by atoms with E-state index in [-0.39, 0.29) is 13.4 Å². The van der Waals surface area contributed by atoms with Gasteiger partial charge in [-0.05, 0) is 34.4 Å². The van der Waals surface area contributed by atoms with Gasteiger partial charge in [0.05, 0.1) is 12.3 Å². The van der Waals surface area contributed by atoms with E-state index in [0.717, 1.165) is 22.3 Å². The standard InChI is InChI=1S/C32H27N3O5S/c36-30(37)29(35-40-19-22-16-17-27-28(18-22)39-21-38-27)26-20-41-31(33-26)34-32(23-10-4-1-5-11-23,24-12-6-2-7-13-24)25-14-8-3-9-15-25/h1-18,20,29,35H,19,21H2,(H,33,34)(H,36,37). The van der Waals surface area contributed by atoms with Gasteiger partial charge in [-0.2, -0.15) is 5.48 Å². The van der Waals surface area contributed by atoms with E-state index in [0.29, 0.717) is 22.3 Å². The maximum atomic E-state index is 12.2. The number of anilines is 1. The Labute approximate surface area is 241 Å². The first-order chi connectivity index (χ1) is 20.1. The molecule has 0 aliphatic carbocycles. The maximum absolute atomic E-state index is 12.2. The quantitative estimate of drug-likeness (QED) is 0.130. The molecule has 1 aromatic heterocycles. The van der Waals surface area contributed by atoms with Crippen molar-refractivity contribution in [1.29, 1.82) is 0 Å². The highest BCUT2D eigenvalue weighted by Crippen LogP contribution is 2.41. The van der Waals surface area contributed by atoms with E-state index < -0.39 is 17.6 Å². The van der Waals surface area contributed by atoms with Gasteiger partial charge in [0.2, 0.25) is 6.79 Å². The van der Waals surface area contributed by atoms with Crippen molar-refractivity contribution in [2.75, 3.05) is 12.1 Å². The zero-order valence-electron chi connectivity index (χ0n) is 21.9. The lowest BCUT2D eigenvalue weighted by Crippen LogP contribution is -2.38. The van der Waals surface area contributed by atoms with Crippen molar-refractivity contribution in [3.63, 3.8) is 0 Å². The number of rotatable bonds is 11. The summed E-state index contributed by atoms with van der Waals surface area (Å²) < 4.78 is 10.7. The number of carboxylic acid groups (broad SMARTS) is 1. The molecule has 0 fully saturated rings. The van der Waals surface area contributed by atoms with Gasteiger partial charge in [-0.3, -0.25) is 9.63 Å². The smallest absolute Gasteiger partial charge is 0.329 e. The molecule has 0 saturated carbocycles. The van der Waals surface area contributed by atoms with E-state index in [1.807, 2.05) is 60.7 Å². The first-order valence-electron chi connectivity index (χ1n) is 13.0. The van der Waals surface area contributed by atoms with Crippen LogP contribution in [0.25, 0.3) is 0 Å². The van der Waals surface area contributed by atoms with Crippen molar-refractivity contribution in [3.05, 3.63) is 143 Å². The fourth-order valence-electron chi connectivity index (χ4n) is 4.89. The van der Waals surface area contributed by atoms with Crippen molar-refractivity contribution in [2.24, 2.45) is 0 Å². The Morgan fingerprint density at radius 2 is 1.46 bits per heavy atom. The molecule has 1 aliphatic heterocycles. The number of aliphatic carboxylic acids is 1. The summed E-state index contributed by atoms with van der Waals surface area (Å²) in [5.41, 5.74) is 6.10. The number of aromatic nitrogens is 1. The van der Waals surface area contributed by atoms with Crippen LogP contribution < -0.4 is 20.3 Å². The number of ether oxygens (including phenoxy) is 2. The molecule has 0 spiro atoms. The predicted octanol–water partition coefficient (Wildman–Crippen LogP) is 6.12. The third-order valence-electron chi connectivity index (χ3n) is 6.86. The lowest BCUT2D eigenvalue weighted by atomic mass is 9.77. The van der Waals surface area contributed by atoms with Gasteiger partial charge in [-0.1, -0.05) is 97.1 Å². The molecule has 1 aliphatic rings. The molecule has 0 amide bonds. The van der Waals surface area contributed by atoms with Crippen LogP contribution in [0.1, 0.15) is 34.0 Å². The SMILES string of the molecule is O=C(O)C(NOCc1ccc2c(c1)OCO2)c1csc(NC(c2ccccc2)(c2ccccc2)c2ccccc2)n1. The average Bonchev–Trinajstić information content (AvgIpc) is 3.68. The summed E-state index contributed by atoms with van der Waals surface area (Å²) in [6.45, 7) is 0.314. The number of hydroxylamine groups is 1. The van der Waals surface area contributed by atoms with Gasteiger partial charge < -0.3 is 19.9 Å². The van der Waals surface area contributed by atoms with Crippen molar-refractivity contribution in [1.82, 2.24) is 10.5 Å². The highest BCUT2D eigenvalue weighted by Gasteiger charge is 2.37. The summed E-state index contributed by atoms with van der Waals surface area (Å²) in [6.07, 6.45) is 0. The highest BCUT2D eigenvalue weighted by molar-refractivity contribution is 7.13. The molecule has 9 heteroatoms. The minimum atomic E-state index is -1.17. The second-order valence-electron chi connectivity index (χ2n) is 9.42. The molecule has 1 unspecified atom stereocenters. The van der Waals surface area contributed by atoms with Crippen molar-refractivity contribution < 1.29 is 24.2 Å². The fourth-order valence-corrected chi connectivity index (χ4v) is 5.69. The van der Waals surface area contributed by atoms with Crippen LogP contribution in [0.2, 0.25) is 0 Å². The van der Waals surface area contributed by atoms with Gasteiger partial charge in [-0.25, -0.2) is 4.98 Å². The third-order valence-corrected chi connectivity index (χ3v) is 7.63. The molecule has 206 valence electrons. The Hall–Kier alpha value is -4.70. The summed E-state index contributed by atoms with van der Waals surface area (Å²) >= 11 is 1.34. The predicted molar refractivity (Wildman–Crippen MR) is 156 cm³/mol. The number of thiazole rings is 1. The Morgan fingerprint density at radius 3 is 2.05 bits per heavy atom. The Kier molecular flexibility index (Phi) is 7.64. The van der Waals surface area contributed by atoms with Crippen molar-refractivity contribution in [2.45, 2.75) is 18.2 Å². The second kappa shape index (κ2) is 11.8. The largest absolute Gasteiger partial charge is 0.480 e. The number of hydrogen-bond acceptors (Lipinski definition) is 8. The number of fused-ring (bicyclic) bond motifs is 1. The molecule has 4 aromatic carbocycles. The van der Waals surface area contributed by atoms with Gasteiger partial charge >= 0.3 is 5.97 Å². The van der Waals surface area contributed by atoms with Gasteiger partial charge in [0, 0.05) is 5.38 Å². The Balaban J connectivity index is 1.28. The van der Waals surface area contributed by atoms with Gasteiger partial charge in [0.25, 0.3) is 0 Å². The van der Waals surface area contributed by atoms with E-state index in [2.05, 4.69) is 47.2 Å². The summed E-state index contributed by atoms with van der Waals surface area (Å²) in [5, 5.41) is 16.0. The minimum absolute atomic E-state index is 0.134. The first kappa shape index (κ1) is 26.5. The molecule has 0 radical (unpaired) electrons. The molecule has 3 N–H and O–H groups in total. The monoisotopic (exact) mass is 565 g/mol. The minimum Gasteiger partial charge on any atom is -0.480 e. The van der Waals surface area contributed by atoms with Crippen LogP contribution >= 0.6 is 11.3 Å². The van der Waals surface area contributed by atoms with Gasteiger partial charge in [-0.15, -0.1) is 11.3 Å². The lowest BCUT2D eigenvalue weighted by molar-refractivity contribution is -0.145. The summed E-state index contributed by atoms with van der Waals surface area (Å²) in [6, 6.07) is 34.7. The molecule has 41 heavy (non-hydrogen) atoms. The molecule has 0 bridgehead atoms. The van der Waals surface area contributed by atoms with Crippen LogP contribution in [0.15, 0.2) is 115 Å². The van der Waals surface area contributed by atoms with E-state index in [9.17, 15) is 9.90 Å². The number of carbonyl (C=O) groups is 1. The van der Waals surface area contributed by atoms with Crippen molar-refractivity contribution in [3.8, 4) is 11.5 Å². The lowest BCUT2D eigenvalue weighted by Gasteiger charge is -2.36. The topological polar surface area (TPSA) is 102 Å². The molecule has 2 heterocycles. The summed E-state index contributed by atoms with van der Waals surface area (Å²) in [7, 11) is 0. The maximum Gasteiger partial charge on any atom is 0.329 e. The molecule has 8 nitrogen and oxygen atoms in total. The van der Waals surface area contributed by atoms with E-state index in [1.165, 1.54) is 11.3 Å². The molecular weight excluding hydrogens is 538 g/mol. The van der Waals surface area contributed by atoms with Crippen LogP contribution in [-0.2, 0) is 21.8 Å². The zero-order chi connectivity index (χ0) is 28.1.